The van der Waals surface area contributed by atoms with Gasteiger partial charge in [-0.2, -0.15) is 8.42 Å². The Morgan fingerprint density at radius 1 is 1.25 bits per heavy atom. The molecule has 20 heavy (non-hydrogen) atoms. The monoisotopic (exact) mass is 295 g/mol. The van der Waals surface area contributed by atoms with Crippen LogP contribution in [0.5, 0.6) is 5.75 Å². The normalized spacial score (nSPS) is 11.6. The maximum absolute atomic E-state index is 11.3. The molecular weight excluding hydrogens is 282 g/mol. The van der Waals surface area contributed by atoms with Crippen LogP contribution in [0.2, 0.25) is 0 Å². The highest BCUT2D eigenvalue weighted by Gasteiger charge is 2.18. The van der Waals surface area contributed by atoms with Gasteiger partial charge in [-0.25, -0.2) is 0 Å². The Balaban J connectivity index is 2.75. The molecule has 0 bridgehead atoms. The van der Waals surface area contributed by atoms with Gasteiger partial charge >= 0.3 is 0 Å². The summed E-state index contributed by atoms with van der Waals surface area (Å²) >= 11 is 0. The van der Waals surface area contributed by atoms with Crippen molar-refractivity contribution in [2.75, 3.05) is 5.32 Å². The van der Waals surface area contributed by atoms with Crippen LogP contribution in [-0.2, 0) is 14.9 Å². The highest BCUT2D eigenvalue weighted by molar-refractivity contribution is 7.85. The summed E-state index contributed by atoms with van der Waals surface area (Å²) in [6.07, 6.45) is 0. The van der Waals surface area contributed by atoms with E-state index in [-0.39, 0.29) is 22.1 Å². The van der Waals surface area contributed by atoms with Crippen molar-refractivity contribution >= 4 is 32.5 Å². The molecule has 2 aromatic rings. The van der Waals surface area contributed by atoms with E-state index in [9.17, 15) is 18.3 Å². The van der Waals surface area contributed by atoms with Gasteiger partial charge in [0, 0.05) is 23.6 Å². The minimum Gasteiger partial charge on any atom is -0.507 e. The third-order valence-corrected chi connectivity index (χ3v) is 3.90. The topological polar surface area (TPSA) is 104 Å². The number of phenolic OH excluding ortho intramolecular Hbond substituents is 1. The van der Waals surface area contributed by atoms with Gasteiger partial charge in [0.2, 0.25) is 5.91 Å². The van der Waals surface area contributed by atoms with Gasteiger partial charge in [-0.15, -0.1) is 0 Å². The largest absolute Gasteiger partial charge is 0.507 e. The highest BCUT2D eigenvalue weighted by atomic mass is 32.2. The molecule has 2 rings (SSSR count). The quantitative estimate of drug-likeness (QED) is 0.736. The van der Waals surface area contributed by atoms with Crippen LogP contribution in [0.3, 0.4) is 0 Å². The summed E-state index contributed by atoms with van der Waals surface area (Å²) in [4.78, 5) is 10.6. The molecule has 7 heteroatoms. The fourth-order valence-corrected chi connectivity index (χ4v) is 2.77. The molecule has 106 valence electrons. The van der Waals surface area contributed by atoms with Crippen molar-refractivity contribution < 1.29 is 22.9 Å². The van der Waals surface area contributed by atoms with Gasteiger partial charge in [-0.1, -0.05) is 0 Å². The molecule has 0 fully saturated rings. The number of carbonyl (C=O) groups is 1. The molecule has 0 radical (unpaired) electrons. The fourth-order valence-electron chi connectivity index (χ4n) is 2.01. The van der Waals surface area contributed by atoms with Crippen LogP contribution in [0.25, 0.3) is 10.8 Å². The van der Waals surface area contributed by atoms with Crippen molar-refractivity contribution in [3.05, 3.63) is 29.8 Å². The summed E-state index contributed by atoms with van der Waals surface area (Å²) in [5, 5.41) is 13.4. The lowest BCUT2D eigenvalue weighted by atomic mass is 10.1. The number of amides is 1. The van der Waals surface area contributed by atoms with E-state index in [2.05, 4.69) is 5.32 Å². The molecule has 0 aliphatic rings. The Kier molecular flexibility index (Phi) is 3.41. The van der Waals surface area contributed by atoms with Crippen LogP contribution < -0.4 is 5.32 Å². The first-order valence-corrected chi connectivity index (χ1v) is 7.15. The lowest BCUT2D eigenvalue weighted by molar-refractivity contribution is -0.114. The third kappa shape index (κ3) is 2.59. The lowest BCUT2D eigenvalue weighted by Gasteiger charge is -2.10. The van der Waals surface area contributed by atoms with Gasteiger partial charge in [0.1, 0.15) is 10.6 Å². The molecule has 0 unspecified atom stereocenters. The van der Waals surface area contributed by atoms with Crippen LogP contribution in [0, 0.1) is 6.92 Å². The summed E-state index contributed by atoms with van der Waals surface area (Å²) in [7, 11) is -4.43. The molecule has 0 heterocycles. The Morgan fingerprint density at radius 3 is 2.45 bits per heavy atom. The van der Waals surface area contributed by atoms with Gasteiger partial charge in [-0.05, 0) is 36.6 Å². The predicted molar refractivity (Wildman–Crippen MR) is 74.5 cm³/mol. The SMILES string of the molecule is CC(=O)Nc1ccc2c(O)c(C)c(S(=O)(=O)O)cc2c1. The first-order chi connectivity index (χ1) is 9.20. The second-order valence-corrected chi connectivity index (χ2v) is 5.83. The molecule has 0 atom stereocenters. The van der Waals surface area contributed by atoms with Gasteiger partial charge < -0.3 is 10.4 Å². The zero-order chi connectivity index (χ0) is 15.1. The third-order valence-electron chi connectivity index (χ3n) is 2.92. The molecule has 0 aliphatic heterocycles. The molecule has 0 saturated heterocycles. The van der Waals surface area contributed by atoms with Crippen LogP contribution in [0.4, 0.5) is 5.69 Å². The molecular formula is C13H13NO5S. The number of hydrogen-bond donors (Lipinski definition) is 3. The highest BCUT2D eigenvalue weighted by Crippen LogP contribution is 2.34. The number of hydrogen-bond acceptors (Lipinski definition) is 4. The Morgan fingerprint density at radius 2 is 1.90 bits per heavy atom. The second kappa shape index (κ2) is 4.77. The van der Waals surface area contributed by atoms with E-state index in [0.29, 0.717) is 16.5 Å². The van der Waals surface area contributed by atoms with Crippen molar-refractivity contribution in [3.63, 3.8) is 0 Å². The van der Waals surface area contributed by atoms with Crippen LogP contribution >= 0.6 is 0 Å². The average Bonchev–Trinajstić information content (AvgIpc) is 2.31. The van der Waals surface area contributed by atoms with Crippen molar-refractivity contribution in [2.24, 2.45) is 0 Å². The van der Waals surface area contributed by atoms with Gasteiger partial charge in [0.15, 0.2) is 0 Å². The van der Waals surface area contributed by atoms with E-state index in [1.165, 1.54) is 26.0 Å². The minimum atomic E-state index is -4.43. The Bertz CT molecular complexity index is 811. The number of aromatic hydroxyl groups is 1. The average molecular weight is 295 g/mol. The van der Waals surface area contributed by atoms with E-state index in [1.54, 1.807) is 12.1 Å². The number of anilines is 1. The Labute approximate surface area is 115 Å². The fraction of sp³-hybridized carbons (Fsp3) is 0.154. The molecule has 6 nitrogen and oxygen atoms in total. The number of fused-ring (bicyclic) bond motifs is 1. The van der Waals surface area contributed by atoms with Crippen LogP contribution in [0.15, 0.2) is 29.2 Å². The summed E-state index contributed by atoms with van der Waals surface area (Å²) < 4.78 is 31.7. The van der Waals surface area contributed by atoms with E-state index < -0.39 is 10.1 Å². The number of benzene rings is 2. The van der Waals surface area contributed by atoms with Crippen molar-refractivity contribution in [1.82, 2.24) is 0 Å². The maximum Gasteiger partial charge on any atom is 0.294 e. The van der Waals surface area contributed by atoms with Crippen LogP contribution in [0.1, 0.15) is 12.5 Å². The number of nitrogens with one attached hydrogen (secondary N) is 1. The minimum absolute atomic E-state index is 0.0762. The zero-order valence-electron chi connectivity index (χ0n) is 10.8. The van der Waals surface area contributed by atoms with Crippen molar-refractivity contribution in [2.45, 2.75) is 18.7 Å². The molecule has 0 spiro atoms. The lowest BCUT2D eigenvalue weighted by Crippen LogP contribution is -2.05. The van der Waals surface area contributed by atoms with E-state index >= 15 is 0 Å². The first kappa shape index (κ1) is 14.3. The first-order valence-electron chi connectivity index (χ1n) is 5.71. The number of phenols is 1. The summed E-state index contributed by atoms with van der Waals surface area (Å²) in [6.45, 7) is 2.75. The second-order valence-electron chi connectivity index (χ2n) is 4.44. The Hall–Kier alpha value is -2.12. The van der Waals surface area contributed by atoms with E-state index in [1.807, 2.05) is 0 Å². The summed E-state index contributed by atoms with van der Waals surface area (Å²) in [5.41, 5.74) is 0.543. The molecule has 3 N–H and O–H groups in total. The number of rotatable bonds is 2. The van der Waals surface area contributed by atoms with Gasteiger partial charge in [0.25, 0.3) is 10.1 Å². The van der Waals surface area contributed by atoms with Crippen LogP contribution in [-0.4, -0.2) is 24.0 Å². The number of carbonyl (C=O) groups excluding carboxylic acids is 1. The molecule has 0 aliphatic carbocycles. The molecule has 0 aromatic heterocycles. The maximum atomic E-state index is 11.3. The smallest absolute Gasteiger partial charge is 0.294 e. The zero-order valence-corrected chi connectivity index (χ0v) is 11.7. The molecule has 1 amide bonds. The van der Waals surface area contributed by atoms with E-state index in [0.717, 1.165) is 0 Å². The van der Waals surface area contributed by atoms with Gasteiger partial charge in [0.05, 0.1) is 0 Å². The van der Waals surface area contributed by atoms with Gasteiger partial charge in [-0.3, -0.25) is 9.35 Å². The molecule has 2 aromatic carbocycles. The predicted octanol–water partition coefficient (Wildman–Crippen LogP) is 2.06. The molecule has 0 saturated carbocycles. The standard InChI is InChI=1S/C13H13NO5S/c1-7-12(20(17,18)19)6-9-5-10(14-8(2)15)3-4-11(9)13(7)16/h3-6,16H,1-2H3,(H,14,15)(H,17,18,19). The summed E-state index contributed by atoms with van der Waals surface area (Å²) in [6, 6.07) is 5.93. The van der Waals surface area contributed by atoms with E-state index in [4.69, 9.17) is 4.55 Å². The van der Waals surface area contributed by atoms with Crippen molar-refractivity contribution in [1.29, 1.82) is 0 Å². The summed E-state index contributed by atoms with van der Waals surface area (Å²) in [5.74, 6) is -0.486. The van der Waals surface area contributed by atoms with Crippen molar-refractivity contribution in [3.8, 4) is 5.75 Å².